The highest BCUT2D eigenvalue weighted by atomic mass is 15.2. The molecule has 2 aliphatic heterocycles. The lowest BCUT2D eigenvalue weighted by molar-refractivity contribution is 0.205. The summed E-state index contributed by atoms with van der Waals surface area (Å²) in [6, 6.07) is 0.953. The first kappa shape index (κ1) is 11.7. The molecule has 2 saturated heterocycles. The van der Waals surface area contributed by atoms with Crippen molar-refractivity contribution in [2.45, 2.75) is 38.6 Å². The summed E-state index contributed by atoms with van der Waals surface area (Å²) in [5, 5.41) is 0. The van der Waals surface area contributed by atoms with Crippen molar-refractivity contribution in [3.05, 3.63) is 0 Å². The fourth-order valence-electron chi connectivity index (χ4n) is 5.74. The lowest BCUT2D eigenvalue weighted by Gasteiger charge is -2.26. The van der Waals surface area contributed by atoms with Crippen molar-refractivity contribution < 1.29 is 0 Å². The zero-order chi connectivity index (χ0) is 12.3. The SMILES string of the molecule is CC1CC2CN(C3CC4CN(C)CC4C3)CC2C1. The number of likely N-dealkylation sites (tertiary alicyclic amines) is 2. The second-order valence-electron chi connectivity index (χ2n) is 7.92. The van der Waals surface area contributed by atoms with Crippen LogP contribution in [0.2, 0.25) is 0 Å². The maximum Gasteiger partial charge on any atom is 0.0102 e. The van der Waals surface area contributed by atoms with E-state index in [9.17, 15) is 0 Å². The van der Waals surface area contributed by atoms with Gasteiger partial charge in [0.25, 0.3) is 0 Å². The average molecular weight is 248 g/mol. The molecule has 4 fully saturated rings. The first-order valence-electron chi connectivity index (χ1n) is 8.11. The fourth-order valence-corrected chi connectivity index (χ4v) is 5.74. The van der Waals surface area contributed by atoms with Crippen molar-refractivity contribution >= 4 is 0 Å². The molecule has 0 radical (unpaired) electrons. The largest absolute Gasteiger partial charge is 0.306 e. The monoisotopic (exact) mass is 248 g/mol. The molecule has 2 heteroatoms. The van der Waals surface area contributed by atoms with Crippen LogP contribution in [0, 0.1) is 29.6 Å². The van der Waals surface area contributed by atoms with E-state index in [2.05, 4.69) is 23.8 Å². The molecule has 4 aliphatic rings. The van der Waals surface area contributed by atoms with Crippen molar-refractivity contribution in [1.82, 2.24) is 9.80 Å². The van der Waals surface area contributed by atoms with Crippen LogP contribution in [0.15, 0.2) is 0 Å². The molecular formula is C16H28N2. The summed E-state index contributed by atoms with van der Waals surface area (Å²) in [5.74, 6) is 5.18. The van der Waals surface area contributed by atoms with Gasteiger partial charge >= 0.3 is 0 Å². The topological polar surface area (TPSA) is 6.48 Å². The highest BCUT2D eigenvalue weighted by Crippen LogP contribution is 2.46. The second kappa shape index (κ2) is 4.21. The van der Waals surface area contributed by atoms with Gasteiger partial charge in [-0.25, -0.2) is 0 Å². The number of rotatable bonds is 1. The van der Waals surface area contributed by atoms with Crippen LogP contribution in [0.25, 0.3) is 0 Å². The van der Waals surface area contributed by atoms with Gasteiger partial charge in [0.05, 0.1) is 0 Å². The van der Waals surface area contributed by atoms with Crippen LogP contribution < -0.4 is 0 Å². The average Bonchev–Trinajstić information content (AvgIpc) is 2.94. The molecule has 0 N–H and O–H groups in total. The van der Waals surface area contributed by atoms with Gasteiger partial charge in [0.2, 0.25) is 0 Å². The Morgan fingerprint density at radius 3 is 1.78 bits per heavy atom. The zero-order valence-electron chi connectivity index (χ0n) is 12.0. The fraction of sp³-hybridized carbons (Fsp3) is 1.00. The van der Waals surface area contributed by atoms with Gasteiger partial charge in [-0.05, 0) is 62.3 Å². The molecule has 4 unspecified atom stereocenters. The molecule has 0 aromatic rings. The Kier molecular flexibility index (Phi) is 2.74. The molecule has 18 heavy (non-hydrogen) atoms. The summed E-state index contributed by atoms with van der Waals surface area (Å²) >= 11 is 0. The van der Waals surface area contributed by atoms with E-state index in [4.69, 9.17) is 0 Å². The first-order valence-corrected chi connectivity index (χ1v) is 8.11. The predicted octanol–water partition coefficient (Wildman–Crippen LogP) is 2.30. The Balaban J connectivity index is 1.37. The molecule has 2 nitrogen and oxygen atoms in total. The lowest BCUT2D eigenvalue weighted by Crippen LogP contribution is -2.34. The molecular weight excluding hydrogens is 220 g/mol. The molecule has 0 bridgehead atoms. The van der Waals surface area contributed by atoms with Crippen molar-refractivity contribution in [1.29, 1.82) is 0 Å². The molecule has 0 aromatic carbocycles. The van der Waals surface area contributed by atoms with Gasteiger partial charge in [-0.15, -0.1) is 0 Å². The van der Waals surface area contributed by atoms with E-state index in [1.165, 1.54) is 51.9 Å². The van der Waals surface area contributed by atoms with Crippen LogP contribution in [0.4, 0.5) is 0 Å². The van der Waals surface area contributed by atoms with Crippen LogP contribution in [0.3, 0.4) is 0 Å². The summed E-state index contributed by atoms with van der Waals surface area (Å²) in [6.45, 7) is 8.08. The third kappa shape index (κ3) is 1.84. The minimum absolute atomic E-state index is 0.953. The molecule has 2 aliphatic carbocycles. The highest BCUT2D eigenvalue weighted by Gasteiger charge is 2.46. The molecule has 4 atom stereocenters. The number of hydrogen-bond acceptors (Lipinski definition) is 2. The van der Waals surface area contributed by atoms with E-state index in [0.717, 1.165) is 35.6 Å². The maximum absolute atomic E-state index is 2.89. The van der Waals surface area contributed by atoms with Gasteiger partial charge in [0.15, 0.2) is 0 Å². The van der Waals surface area contributed by atoms with Gasteiger partial charge in [-0.2, -0.15) is 0 Å². The Bertz CT molecular complexity index is 269. The molecule has 2 heterocycles. The van der Waals surface area contributed by atoms with Gasteiger partial charge < -0.3 is 4.90 Å². The third-order valence-corrected chi connectivity index (χ3v) is 6.44. The minimum Gasteiger partial charge on any atom is -0.306 e. The normalized spacial score (nSPS) is 53.0. The van der Waals surface area contributed by atoms with Crippen molar-refractivity contribution in [2.24, 2.45) is 29.6 Å². The Hall–Kier alpha value is -0.0800. The van der Waals surface area contributed by atoms with E-state index in [1.807, 2.05) is 0 Å². The molecule has 0 amide bonds. The summed E-state index contributed by atoms with van der Waals surface area (Å²) in [4.78, 5) is 5.44. The Morgan fingerprint density at radius 1 is 0.722 bits per heavy atom. The molecule has 0 spiro atoms. The first-order chi connectivity index (χ1) is 8.69. The minimum atomic E-state index is 0.953. The van der Waals surface area contributed by atoms with Crippen molar-refractivity contribution in [3.63, 3.8) is 0 Å². The summed E-state index contributed by atoms with van der Waals surface area (Å²) < 4.78 is 0. The van der Waals surface area contributed by atoms with Gasteiger partial charge in [-0.1, -0.05) is 6.92 Å². The highest BCUT2D eigenvalue weighted by molar-refractivity contribution is 4.99. The third-order valence-electron chi connectivity index (χ3n) is 6.44. The van der Waals surface area contributed by atoms with E-state index in [1.54, 1.807) is 0 Å². The standard InChI is InChI=1S/C16H28N2/c1-11-3-12-9-18(10-13(12)4-11)16-5-14-7-17(2)8-15(14)6-16/h11-16H,3-10H2,1-2H3. The van der Waals surface area contributed by atoms with E-state index < -0.39 is 0 Å². The van der Waals surface area contributed by atoms with E-state index in [-0.39, 0.29) is 0 Å². The maximum atomic E-state index is 2.89. The quantitative estimate of drug-likeness (QED) is 0.702. The van der Waals surface area contributed by atoms with Crippen LogP contribution in [-0.2, 0) is 0 Å². The van der Waals surface area contributed by atoms with Crippen LogP contribution >= 0.6 is 0 Å². The van der Waals surface area contributed by atoms with Crippen molar-refractivity contribution in [2.75, 3.05) is 33.2 Å². The van der Waals surface area contributed by atoms with Gasteiger partial charge in [0, 0.05) is 32.2 Å². The second-order valence-corrected chi connectivity index (χ2v) is 7.92. The predicted molar refractivity (Wildman–Crippen MR) is 74.5 cm³/mol. The molecule has 102 valence electrons. The van der Waals surface area contributed by atoms with Gasteiger partial charge in [-0.3, -0.25) is 4.90 Å². The Morgan fingerprint density at radius 2 is 1.22 bits per heavy atom. The Labute approximate surface area is 112 Å². The van der Waals surface area contributed by atoms with Crippen LogP contribution in [0.1, 0.15) is 32.6 Å². The number of fused-ring (bicyclic) bond motifs is 2. The number of hydrogen-bond donors (Lipinski definition) is 0. The molecule has 0 aromatic heterocycles. The molecule has 2 saturated carbocycles. The zero-order valence-corrected chi connectivity index (χ0v) is 12.0. The van der Waals surface area contributed by atoms with E-state index >= 15 is 0 Å². The number of nitrogens with zero attached hydrogens (tertiary/aromatic N) is 2. The summed E-state index contributed by atoms with van der Waals surface area (Å²) in [7, 11) is 2.30. The van der Waals surface area contributed by atoms with Crippen LogP contribution in [-0.4, -0.2) is 49.1 Å². The molecule has 4 rings (SSSR count). The van der Waals surface area contributed by atoms with Crippen molar-refractivity contribution in [3.8, 4) is 0 Å². The summed E-state index contributed by atoms with van der Waals surface area (Å²) in [5.41, 5.74) is 0. The lowest BCUT2D eigenvalue weighted by atomic mass is 10.0. The van der Waals surface area contributed by atoms with Crippen LogP contribution in [0.5, 0.6) is 0 Å². The smallest absolute Gasteiger partial charge is 0.0102 e. The van der Waals surface area contributed by atoms with E-state index in [0.29, 0.717) is 0 Å². The summed E-state index contributed by atoms with van der Waals surface area (Å²) in [6.07, 6.45) is 6.04. The van der Waals surface area contributed by atoms with Gasteiger partial charge in [0.1, 0.15) is 0 Å².